The maximum atomic E-state index is 12.4. The average molecular weight is 436 g/mol. The quantitative estimate of drug-likeness (QED) is 0.227. The molecule has 0 radical (unpaired) electrons. The first-order chi connectivity index (χ1) is 14.1. The lowest BCUT2D eigenvalue weighted by Crippen LogP contribution is -2.07. The number of hydrogen-bond donors (Lipinski definition) is 0. The minimum atomic E-state index is -0.253. The molecule has 0 fully saturated rings. The first-order valence-electron chi connectivity index (χ1n) is 9.27. The summed E-state index contributed by atoms with van der Waals surface area (Å²) in [4.78, 5) is 28.1. The van der Waals surface area contributed by atoms with Gasteiger partial charge in [-0.1, -0.05) is 12.1 Å². The number of carbonyl (C=O) groups is 2. The largest absolute Gasteiger partial charge is 0.496 e. The molecule has 1 heterocycles. The zero-order valence-electron chi connectivity index (χ0n) is 17.3. The fourth-order valence-corrected chi connectivity index (χ4v) is 2.53. The van der Waals surface area contributed by atoms with E-state index in [2.05, 4.69) is 4.98 Å². The molecule has 0 aliphatic heterocycles. The number of carbonyl (C=O) groups excluding carboxylic acids is 2. The molecule has 0 unspecified atom stereocenters. The minimum absolute atomic E-state index is 0. The number of esters is 1. The molecule has 0 spiro atoms. The SMILES string of the molecule is CCOC(=O)CCCOc1cc(C=CC(=O)c2ccccc2OC)ncc1OC.Cl. The minimum Gasteiger partial charge on any atom is -0.496 e. The third-order valence-corrected chi connectivity index (χ3v) is 3.94. The van der Waals surface area contributed by atoms with E-state index in [1.54, 1.807) is 43.3 Å². The van der Waals surface area contributed by atoms with E-state index in [1.807, 2.05) is 0 Å². The molecular formula is C22H26ClNO6. The number of para-hydroxylation sites is 1. The fourth-order valence-electron chi connectivity index (χ4n) is 2.53. The number of nitrogens with zero attached hydrogens (tertiary/aromatic N) is 1. The number of rotatable bonds is 11. The Labute approximate surface area is 182 Å². The summed E-state index contributed by atoms with van der Waals surface area (Å²) >= 11 is 0. The van der Waals surface area contributed by atoms with Gasteiger partial charge in [0, 0.05) is 12.5 Å². The van der Waals surface area contributed by atoms with Crippen LogP contribution in [0.5, 0.6) is 17.2 Å². The number of ether oxygens (including phenoxy) is 4. The highest BCUT2D eigenvalue weighted by Gasteiger charge is 2.10. The van der Waals surface area contributed by atoms with Crippen LogP contribution in [0, 0.1) is 0 Å². The van der Waals surface area contributed by atoms with Crippen LogP contribution in [0.15, 0.2) is 42.6 Å². The molecule has 0 aliphatic carbocycles. The van der Waals surface area contributed by atoms with Crippen molar-refractivity contribution < 1.29 is 28.5 Å². The Kier molecular flexibility index (Phi) is 11.0. The van der Waals surface area contributed by atoms with Crippen molar-refractivity contribution in [3.05, 3.63) is 53.9 Å². The van der Waals surface area contributed by atoms with Crippen LogP contribution in [0.4, 0.5) is 0 Å². The highest BCUT2D eigenvalue weighted by Crippen LogP contribution is 2.27. The second-order valence-corrected chi connectivity index (χ2v) is 5.91. The van der Waals surface area contributed by atoms with Gasteiger partial charge in [0.1, 0.15) is 5.75 Å². The van der Waals surface area contributed by atoms with Gasteiger partial charge in [-0.2, -0.15) is 0 Å². The van der Waals surface area contributed by atoms with E-state index in [4.69, 9.17) is 18.9 Å². The van der Waals surface area contributed by atoms with Crippen molar-refractivity contribution in [1.29, 1.82) is 0 Å². The van der Waals surface area contributed by atoms with E-state index >= 15 is 0 Å². The number of pyridine rings is 1. The van der Waals surface area contributed by atoms with Gasteiger partial charge in [0.15, 0.2) is 17.3 Å². The Morgan fingerprint density at radius 1 is 1.07 bits per heavy atom. The molecule has 8 heteroatoms. The lowest BCUT2D eigenvalue weighted by molar-refractivity contribution is -0.143. The van der Waals surface area contributed by atoms with Crippen LogP contribution in [0.25, 0.3) is 6.08 Å². The van der Waals surface area contributed by atoms with E-state index < -0.39 is 0 Å². The van der Waals surface area contributed by atoms with Crippen LogP contribution in [0.2, 0.25) is 0 Å². The van der Waals surface area contributed by atoms with Crippen molar-refractivity contribution in [2.45, 2.75) is 19.8 Å². The molecule has 0 saturated carbocycles. The molecule has 1 aromatic carbocycles. The molecule has 0 bridgehead atoms. The second kappa shape index (κ2) is 13.2. The maximum Gasteiger partial charge on any atom is 0.305 e. The first-order valence-corrected chi connectivity index (χ1v) is 9.27. The maximum absolute atomic E-state index is 12.4. The Bertz CT molecular complexity index is 868. The molecular weight excluding hydrogens is 410 g/mol. The van der Waals surface area contributed by atoms with Gasteiger partial charge < -0.3 is 18.9 Å². The highest BCUT2D eigenvalue weighted by molar-refractivity contribution is 6.08. The molecule has 2 rings (SSSR count). The number of methoxy groups -OCH3 is 2. The van der Waals surface area contributed by atoms with Crippen molar-refractivity contribution in [2.24, 2.45) is 0 Å². The van der Waals surface area contributed by atoms with Crippen molar-refractivity contribution >= 4 is 30.2 Å². The third-order valence-electron chi connectivity index (χ3n) is 3.94. The van der Waals surface area contributed by atoms with Crippen LogP contribution in [0.1, 0.15) is 35.8 Å². The summed E-state index contributed by atoms with van der Waals surface area (Å²) in [5.74, 6) is 1.01. The Morgan fingerprint density at radius 2 is 1.80 bits per heavy atom. The lowest BCUT2D eigenvalue weighted by atomic mass is 10.1. The molecule has 0 saturated heterocycles. The normalized spacial score (nSPS) is 10.2. The van der Waals surface area contributed by atoms with Gasteiger partial charge >= 0.3 is 5.97 Å². The summed E-state index contributed by atoms with van der Waals surface area (Å²) < 4.78 is 21.1. The molecule has 0 aliphatic rings. The van der Waals surface area contributed by atoms with Crippen molar-refractivity contribution in [2.75, 3.05) is 27.4 Å². The number of halogens is 1. The number of hydrogen-bond acceptors (Lipinski definition) is 7. The summed E-state index contributed by atoms with van der Waals surface area (Å²) in [6.45, 7) is 2.45. The van der Waals surface area contributed by atoms with Gasteiger partial charge in [0.2, 0.25) is 0 Å². The van der Waals surface area contributed by atoms with E-state index in [1.165, 1.54) is 26.5 Å². The summed E-state index contributed by atoms with van der Waals surface area (Å²) in [6, 6.07) is 8.68. The van der Waals surface area contributed by atoms with Crippen LogP contribution >= 0.6 is 12.4 Å². The molecule has 30 heavy (non-hydrogen) atoms. The number of aromatic nitrogens is 1. The van der Waals surface area contributed by atoms with Gasteiger partial charge in [0.25, 0.3) is 0 Å². The monoisotopic (exact) mass is 435 g/mol. The molecule has 1 aromatic heterocycles. The molecule has 0 N–H and O–H groups in total. The van der Waals surface area contributed by atoms with E-state index in [9.17, 15) is 9.59 Å². The summed E-state index contributed by atoms with van der Waals surface area (Å²) in [5, 5.41) is 0. The third kappa shape index (κ3) is 7.40. The van der Waals surface area contributed by atoms with Gasteiger partial charge in [-0.05, 0) is 37.6 Å². The van der Waals surface area contributed by atoms with E-state index in [0.717, 1.165) is 0 Å². The van der Waals surface area contributed by atoms with Crippen molar-refractivity contribution in [3.63, 3.8) is 0 Å². The highest BCUT2D eigenvalue weighted by atomic mass is 35.5. The number of allylic oxidation sites excluding steroid dienone is 1. The Balaban J connectivity index is 0.00000450. The fraction of sp³-hybridized carbons (Fsp3) is 0.318. The average Bonchev–Trinajstić information content (AvgIpc) is 2.75. The van der Waals surface area contributed by atoms with Crippen LogP contribution in [-0.2, 0) is 9.53 Å². The van der Waals surface area contributed by atoms with Crippen LogP contribution in [-0.4, -0.2) is 44.2 Å². The van der Waals surface area contributed by atoms with Crippen LogP contribution in [0.3, 0.4) is 0 Å². The molecule has 0 atom stereocenters. The zero-order valence-corrected chi connectivity index (χ0v) is 18.1. The molecule has 0 amide bonds. The Hall–Kier alpha value is -3.06. The summed E-state index contributed by atoms with van der Waals surface area (Å²) in [6.07, 6.45) is 5.34. The standard InChI is InChI=1S/C22H25NO6.ClH/c1-4-28-22(25)10-7-13-29-20-14-16(23-15-21(20)27-3)11-12-18(24)17-8-5-6-9-19(17)26-2;/h5-6,8-9,11-12,14-15H,4,7,10,13H2,1-3H3;1H. The molecule has 7 nitrogen and oxygen atoms in total. The van der Waals surface area contributed by atoms with Gasteiger partial charge in [-0.25, -0.2) is 0 Å². The van der Waals surface area contributed by atoms with Crippen molar-refractivity contribution in [3.8, 4) is 17.2 Å². The smallest absolute Gasteiger partial charge is 0.305 e. The second-order valence-electron chi connectivity index (χ2n) is 5.91. The summed E-state index contributed by atoms with van der Waals surface area (Å²) in [7, 11) is 3.04. The number of benzene rings is 1. The Morgan fingerprint density at radius 3 is 2.50 bits per heavy atom. The zero-order chi connectivity index (χ0) is 21.1. The molecule has 162 valence electrons. The van der Waals surface area contributed by atoms with Crippen LogP contribution < -0.4 is 14.2 Å². The topological polar surface area (TPSA) is 84.0 Å². The lowest BCUT2D eigenvalue weighted by Gasteiger charge is -2.11. The van der Waals surface area contributed by atoms with Gasteiger partial charge in [0.05, 0.1) is 44.9 Å². The van der Waals surface area contributed by atoms with E-state index in [0.29, 0.717) is 48.1 Å². The number of ketones is 1. The summed E-state index contributed by atoms with van der Waals surface area (Å²) in [5.41, 5.74) is 1.00. The first kappa shape index (κ1) is 25.0. The molecule has 2 aromatic rings. The van der Waals surface area contributed by atoms with Gasteiger partial charge in [-0.3, -0.25) is 14.6 Å². The van der Waals surface area contributed by atoms with E-state index in [-0.39, 0.29) is 30.6 Å². The predicted octanol–water partition coefficient (Wildman–Crippen LogP) is 4.14. The van der Waals surface area contributed by atoms with Crippen molar-refractivity contribution in [1.82, 2.24) is 4.98 Å². The predicted molar refractivity (Wildman–Crippen MR) is 116 cm³/mol. The van der Waals surface area contributed by atoms with Gasteiger partial charge in [-0.15, -0.1) is 12.4 Å².